The lowest BCUT2D eigenvalue weighted by atomic mass is 9.99. The van der Waals surface area contributed by atoms with Crippen LogP contribution in [0.2, 0.25) is 0 Å². The molecule has 1 aromatic rings. The second-order valence-corrected chi connectivity index (χ2v) is 5.32. The Morgan fingerprint density at radius 1 is 1.55 bits per heavy atom. The minimum atomic E-state index is -0.747. The summed E-state index contributed by atoms with van der Waals surface area (Å²) in [6, 6.07) is 1.85. The van der Waals surface area contributed by atoms with Crippen LogP contribution in [0.4, 0.5) is 5.69 Å². The molecule has 1 aromatic heterocycles. The quantitative estimate of drug-likeness (QED) is 0.868. The van der Waals surface area contributed by atoms with E-state index in [9.17, 15) is 4.79 Å². The number of aryl methyl sites for hydroxylation is 1. The maximum Gasteiger partial charge on any atom is 0.256 e. The second-order valence-electron chi connectivity index (χ2n) is 5.32. The first kappa shape index (κ1) is 14.8. The van der Waals surface area contributed by atoms with Gasteiger partial charge in [-0.05, 0) is 45.6 Å². The number of amides is 1. The van der Waals surface area contributed by atoms with Crippen LogP contribution in [0.25, 0.3) is 0 Å². The Labute approximate surface area is 119 Å². The summed E-state index contributed by atoms with van der Waals surface area (Å²) in [6.07, 6.45) is 3.69. The minimum absolute atomic E-state index is 0.104. The summed E-state index contributed by atoms with van der Waals surface area (Å²) in [5.41, 5.74) is 0.803. The summed E-state index contributed by atoms with van der Waals surface area (Å²) in [4.78, 5) is 16.6. The molecule has 1 N–H and O–H groups in total. The first-order chi connectivity index (χ1) is 9.51. The topological polar surface area (TPSA) is 60.5 Å². The smallest absolute Gasteiger partial charge is 0.256 e. The molecule has 20 heavy (non-hydrogen) atoms. The number of anilines is 1. The van der Waals surface area contributed by atoms with Crippen LogP contribution >= 0.6 is 0 Å². The monoisotopic (exact) mass is 278 g/mol. The van der Waals surface area contributed by atoms with Crippen molar-refractivity contribution < 1.29 is 14.3 Å². The Hall–Kier alpha value is -1.62. The van der Waals surface area contributed by atoms with Crippen molar-refractivity contribution in [2.45, 2.75) is 39.2 Å². The number of nitrogens with one attached hydrogen (secondary N) is 1. The second kappa shape index (κ2) is 5.79. The summed E-state index contributed by atoms with van der Waals surface area (Å²) in [5, 5.41) is 2.90. The number of methoxy groups -OCH3 is 1. The van der Waals surface area contributed by atoms with Crippen LogP contribution in [0.5, 0.6) is 5.88 Å². The van der Waals surface area contributed by atoms with Gasteiger partial charge in [-0.1, -0.05) is 0 Å². The molecule has 1 aliphatic rings. The van der Waals surface area contributed by atoms with Gasteiger partial charge >= 0.3 is 0 Å². The molecule has 1 fully saturated rings. The Morgan fingerprint density at radius 2 is 2.25 bits per heavy atom. The molecule has 0 aliphatic heterocycles. The molecule has 5 heteroatoms. The van der Waals surface area contributed by atoms with Crippen LogP contribution in [0.3, 0.4) is 0 Å². The number of aromatic nitrogens is 1. The number of pyridine rings is 1. The number of rotatable bonds is 6. The Bertz CT molecular complexity index is 500. The third kappa shape index (κ3) is 2.93. The van der Waals surface area contributed by atoms with E-state index in [1.54, 1.807) is 13.3 Å². The largest absolute Gasteiger partial charge is 0.481 e. The maximum atomic E-state index is 12.5. The maximum absolute atomic E-state index is 12.5. The fourth-order valence-electron chi connectivity index (χ4n) is 2.40. The van der Waals surface area contributed by atoms with Gasteiger partial charge in [-0.15, -0.1) is 0 Å². The van der Waals surface area contributed by atoms with Crippen molar-refractivity contribution >= 4 is 11.6 Å². The number of carbonyl (C=O) groups is 1. The van der Waals surface area contributed by atoms with E-state index in [2.05, 4.69) is 10.3 Å². The van der Waals surface area contributed by atoms with Gasteiger partial charge in [0.1, 0.15) is 5.60 Å². The van der Waals surface area contributed by atoms with Gasteiger partial charge in [-0.25, -0.2) is 4.98 Å². The van der Waals surface area contributed by atoms with Crippen LogP contribution in [0.1, 0.15) is 32.3 Å². The fraction of sp³-hybridized carbons (Fsp3) is 0.600. The predicted molar refractivity (Wildman–Crippen MR) is 76.9 cm³/mol. The van der Waals surface area contributed by atoms with Gasteiger partial charge in [0.15, 0.2) is 0 Å². The molecule has 1 amide bonds. The zero-order valence-electron chi connectivity index (χ0n) is 12.5. The highest BCUT2D eigenvalue weighted by Crippen LogP contribution is 2.42. The van der Waals surface area contributed by atoms with E-state index in [1.807, 2.05) is 26.8 Å². The van der Waals surface area contributed by atoms with Crippen molar-refractivity contribution in [2.75, 3.05) is 19.0 Å². The molecule has 0 aromatic carbocycles. The lowest BCUT2D eigenvalue weighted by molar-refractivity contribution is -0.141. The predicted octanol–water partition coefficient (Wildman–Crippen LogP) is 2.54. The summed E-state index contributed by atoms with van der Waals surface area (Å²) in [6.45, 7) is 6.20. The number of hydrogen-bond donors (Lipinski definition) is 1. The van der Waals surface area contributed by atoms with Crippen molar-refractivity contribution in [1.82, 2.24) is 4.98 Å². The zero-order chi connectivity index (χ0) is 14.8. The van der Waals surface area contributed by atoms with Crippen molar-refractivity contribution in [3.8, 4) is 5.88 Å². The van der Waals surface area contributed by atoms with Crippen molar-refractivity contribution in [3.05, 3.63) is 17.8 Å². The summed E-state index contributed by atoms with van der Waals surface area (Å²) >= 11 is 0. The Morgan fingerprint density at radius 3 is 2.75 bits per heavy atom. The van der Waals surface area contributed by atoms with Crippen molar-refractivity contribution in [3.63, 3.8) is 0 Å². The summed E-state index contributed by atoms with van der Waals surface area (Å²) in [7, 11) is 1.58. The zero-order valence-corrected chi connectivity index (χ0v) is 12.5. The van der Waals surface area contributed by atoms with E-state index in [4.69, 9.17) is 9.47 Å². The fourth-order valence-corrected chi connectivity index (χ4v) is 2.40. The van der Waals surface area contributed by atoms with Gasteiger partial charge in [-0.2, -0.15) is 0 Å². The number of carbonyl (C=O) groups excluding carboxylic acids is 1. The highest BCUT2D eigenvalue weighted by Gasteiger charge is 2.48. The molecule has 0 spiro atoms. The molecule has 0 bridgehead atoms. The van der Waals surface area contributed by atoms with Crippen LogP contribution in [-0.4, -0.2) is 30.2 Å². The van der Waals surface area contributed by atoms with E-state index in [0.717, 1.165) is 18.4 Å². The van der Waals surface area contributed by atoms with Crippen LogP contribution in [0, 0.1) is 12.8 Å². The van der Waals surface area contributed by atoms with Gasteiger partial charge in [0.2, 0.25) is 5.88 Å². The standard InChI is InChI=1S/C15H22N2O3/c1-5-20-15(3,11-6-7-11)14(18)17-12-8-10(2)13(19-4)16-9-12/h8-9,11H,5-7H2,1-4H3,(H,17,18)/t15-/m1/s1. The third-order valence-corrected chi connectivity index (χ3v) is 3.73. The van der Waals surface area contributed by atoms with Crippen LogP contribution in [0.15, 0.2) is 12.3 Å². The van der Waals surface area contributed by atoms with Crippen molar-refractivity contribution in [2.24, 2.45) is 5.92 Å². The molecule has 1 heterocycles. The first-order valence-electron chi connectivity index (χ1n) is 6.97. The molecule has 110 valence electrons. The van der Waals surface area contributed by atoms with E-state index >= 15 is 0 Å². The SMILES string of the molecule is CCO[C@@](C)(C(=O)Nc1cnc(OC)c(C)c1)C1CC1. The molecule has 1 atom stereocenters. The molecule has 0 unspecified atom stereocenters. The highest BCUT2D eigenvalue weighted by molar-refractivity contribution is 5.97. The van der Waals surface area contributed by atoms with E-state index in [0.29, 0.717) is 24.1 Å². The number of hydrogen-bond acceptors (Lipinski definition) is 4. The van der Waals surface area contributed by atoms with E-state index < -0.39 is 5.60 Å². The molecule has 1 aliphatic carbocycles. The average molecular weight is 278 g/mol. The Kier molecular flexibility index (Phi) is 4.28. The van der Waals surface area contributed by atoms with Gasteiger partial charge in [-0.3, -0.25) is 4.79 Å². The van der Waals surface area contributed by atoms with Gasteiger partial charge in [0.25, 0.3) is 5.91 Å². The highest BCUT2D eigenvalue weighted by atomic mass is 16.5. The van der Waals surface area contributed by atoms with E-state index in [-0.39, 0.29) is 5.91 Å². The third-order valence-electron chi connectivity index (χ3n) is 3.73. The van der Waals surface area contributed by atoms with Crippen LogP contribution < -0.4 is 10.1 Å². The lowest BCUT2D eigenvalue weighted by Gasteiger charge is -2.28. The minimum Gasteiger partial charge on any atom is -0.481 e. The van der Waals surface area contributed by atoms with Gasteiger partial charge < -0.3 is 14.8 Å². The molecule has 0 saturated heterocycles. The first-order valence-corrected chi connectivity index (χ1v) is 6.97. The molecular formula is C15H22N2O3. The number of ether oxygens (including phenoxy) is 2. The van der Waals surface area contributed by atoms with Crippen molar-refractivity contribution in [1.29, 1.82) is 0 Å². The van der Waals surface area contributed by atoms with Gasteiger partial charge in [0.05, 0.1) is 19.0 Å². The summed E-state index contributed by atoms with van der Waals surface area (Å²) in [5.74, 6) is 0.778. The molecule has 2 rings (SSSR count). The van der Waals surface area contributed by atoms with Crippen LogP contribution in [-0.2, 0) is 9.53 Å². The lowest BCUT2D eigenvalue weighted by Crippen LogP contribution is -2.44. The Balaban J connectivity index is 2.12. The van der Waals surface area contributed by atoms with E-state index in [1.165, 1.54) is 0 Å². The molecule has 5 nitrogen and oxygen atoms in total. The summed E-state index contributed by atoms with van der Waals surface area (Å²) < 4.78 is 10.8. The molecule has 1 saturated carbocycles. The molecule has 0 radical (unpaired) electrons. The average Bonchev–Trinajstić information content (AvgIpc) is 3.23. The van der Waals surface area contributed by atoms with Gasteiger partial charge in [0, 0.05) is 12.2 Å². The molecular weight excluding hydrogens is 256 g/mol. The number of nitrogens with zero attached hydrogens (tertiary/aromatic N) is 1. The normalized spacial score (nSPS) is 17.4.